The third kappa shape index (κ3) is 3.69. The topological polar surface area (TPSA) is 75.7 Å². The summed E-state index contributed by atoms with van der Waals surface area (Å²) in [5, 5.41) is 4.59. The molecular formula is C17H14N2O4S. The van der Waals surface area contributed by atoms with Crippen molar-refractivity contribution in [3.8, 4) is 0 Å². The van der Waals surface area contributed by atoms with Gasteiger partial charge in [-0.15, -0.1) is 11.3 Å². The number of anilines is 2. The van der Waals surface area contributed by atoms with Crippen LogP contribution in [0.2, 0.25) is 0 Å². The van der Waals surface area contributed by atoms with Gasteiger partial charge in [0.1, 0.15) is 6.54 Å². The number of nitrogens with one attached hydrogen (secondary N) is 1. The number of ether oxygens (including phenoxy) is 1. The van der Waals surface area contributed by atoms with E-state index in [2.05, 4.69) is 5.32 Å². The van der Waals surface area contributed by atoms with E-state index in [1.165, 1.54) is 22.3 Å². The van der Waals surface area contributed by atoms with E-state index < -0.39 is 18.5 Å². The highest BCUT2D eigenvalue weighted by Gasteiger charge is 2.26. The molecule has 24 heavy (non-hydrogen) atoms. The fourth-order valence-corrected chi connectivity index (χ4v) is 2.87. The summed E-state index contributed by atoms with van der Waals surface area (Å²) in [6.07, 6.45) is 2.90. The van der Waals surface area contributed by atoms with Crippen LogP contribution in [0, 0.1) is 0 Å². The molecule has 2 heterocycles. The molecule has 0 aliphatic carbocycles. The molecule has 7 heteroatoms. The first kappa shape index (κ1) is 15.9. The van der Waals surface area contributed by atoms with Crippen molar-refractivity contribution in [1.82, 2.24) is 0 Å². The number of para-hydroxylation sites is 2. The van der Waals surface area contributed by atoms with E-state index in [-0.39, 0.29) is 12.5 Å². The average molecular weight is 342 g/mol. The number of carbonyl (C=O) groups excluding carboxylic acids is 3. The van der Waals surface area contributed by atoms with Gasteiger partial charge in [-0.1, -0.05) is 18.2 Å². The van der Waals surface area contributed by atoms with Crippen LogP contribution in [-0.4, -0.2) is 30.9 Å². The van der Waals surface area contributed by atoms with Crippen LogP contribution in [0.4, 0.5) is 11.4 Å². The van der Waals surface area contributed by atoms with E-state index in [0.717, 1.165) is 4.88 Å². The summed E-state index contributed by atoms with van der Waals surface area (Å²) in [4.78, 5) is 37.9. The lowest BCUT2D eigenvalue weighted by Crippen LogP contribution is -2.43. The van der Waals surface area contributed by atoms with Crippen LogP contribution in [-0.2, 0) is 19.1 Å². The molecule has 6 nitrogen and oxygen atoms in total. The maximum absolute atomic E-state index is 12.3. The van der Waals surface area contributed by atoms with Crippen LogP contribution in [0.3, 0.4) is 0 Å². The van der Waals surface area contributed by atoms with Gasteiger partial charge in [-0.3, -0.25) is 14.5 Å². The smallest absolute Gasteiger partial charge is 0.331 e. The number of thiophene rings is 1. The van der Waals surface area contributed by atoms with Crippen molar-refractivity contribution in [2.24, 2.45) is 0 Å². The Morgan fingerprint density at radius 3 is 2.88 bits per heavy atom. The lowest BCUT2D eigenvalue weighted by molar-refractivity contribution is -0.143. The first-order chi connectivity index (χ1) is 11.6. The number of nitrogens with zero attached hydrogens (tertiary/aromatic N) is 1. The molecule has 1 aromatic carbocycles. The van der Waals surface area contributed by atoms with E-state index in [0.29, 0.717) is 11.4 Å². The highest BCUT2D eigenvalue weighted by atomic mass is 32.1. The Kier molecular flexibility index (Phi) is 4.72. The number of rotatable bonds is 4. The predicted molar refractivity (Wildman–Crippen MR) is 91.7 cm³/mol. The first-order valence-corrected chi connectivity index (χ1v) is 8.09. The van der Waals surface area contributed by atoms with Crippen LogP contribution in [0.1, 0.15) is 4.88 Å². The number of fused-ring (bicyclic) bond motifs is 1. The number of esters is 1. The van der Waals surface area contributed by atoms with E-state index in [4.69, 9.17) is 4.74 Å². The lowest BCUT2D eigenvalue weighted by Gasteiger charge is -2.28. The third-order valence-electron chi connectivity index (χ3n) is 3.34. The van der Waals surface area contributed by atoms with Gasteiger partial charge in [0.25, 0.3) is 5.91 Å². The van der Waals surface area contributed by atoms with Crippen molar-refractivity contribution >= 4 is 46.6 Å². The molecule has 0 saturated heterocycles. The third-order valence-corrected chi connectivity index (χ3v) is 4.17. The molecule has 1 aliphatic rings. The van der Waals surface area contributed by atoms with Crippen LogP contribution in [0.15, 0.2) is 47.9 Å². The van der Waals surface area contributed by atoms with Crippen molar-refractivity contribution in [1.29, 1.82) is 0 Å². The van der Waals surface area contributed by atoms with E-state index in [1.54, 1.807) is 30.3 Å². The Morgan fingerprint density at radius 2 is 2.08 bits per heavy atom. The molecule has 1 N–H and O–H groups in total. The molecule has 0 spiro atoms. The van der Waals surface area contributed by atoms with Crippen LogP contribution in [0.5, 0.6) is 0 Å². The number of benzene rings is 1. The lowest BCUT2D eigenvalue weighted by atomic mass is 10.2. The summed E-state index contributed by atoms with van der Waals surface area (Å²) in [6, 6.07) is 10.7. The predicted octanol–water partition coefficient (Wildman–Crippen LogP) is 2.29. The van der Waals surface area contributed by atoms with Crippen molar-refractivity contribution in [3.63, 3.8) is 0 Å². The van der Waals surface area contributed by atoms with Crippen LogP contribution >= 0.6 is 11.3 Å². The zero-order valence-corrected chi connectivity index (χ0v) is 13.4. The first-order valence-electron chi connectivity index (χ1n) is 7.21. The van der Waals surface area contributed by atoms with Gasteiger partial charge in [-0.2, -0.15) is 0 Å². The molecule has 0 saturated carbocycles. The summed E-state index contributed by atoms with van der Waals surface area (Å²) in [6.45, 7) is -0.520. The molecule has 1 aliphatic heterocycles. The Bertz CT molecular complexity index is 799. The summed E-state index contributed by atoms with van der Waals surface area (Å²) in [7, 11) is 0. The Morgan fingerprint density at radius 1 is 1.25 bits per heavy atom. The summed E-state index contributed by atoms with van der Waals surface area (Å²) in [5.74, 6) is -1.34. The number of hydrogen-bond acceptors (Lipinski definition) is 5. The molecule has 2 aromatic rings. The maximum Gasteiger partial charge on any atom is 0.331 e. The van der Waals surface area contributed by atoms with Gasteiger partial charge in [0.15, 0.2) is 6.61 Å². The van der Waals surface area contributed by atoms with Gasteiger partial charge < -0.3 is 10.1 Å². The number of hydrogen-bond donors (Lipinski definition) is 1. The fourth-order valence-electron chi connectivity index (χ4n) is 2.25. The quantitative estimate of drug-likeness (QED) is 0.683. The molecular weight excluding hydrogens is 328 g/mol. The highest BCUT2D eigenvalue weighted by molar-refractivity contribution is 7.10. The minimum Gasteiger partial charge on any atom is -0.452 e. The molecule has 122 valence electrons. The second-order valence-corrected chi connectivity index (χ2v) is 5.98. The van der Waals surface area contributed by atoms with Gasteiger partial charge in [0, 0.05) is 11.0 Å². The Hall–Kier alpha value is -2.93. The van der Waals surface area contributed by atoms with Gasteiger partial charge in [-0.05, 0) is 29.7 Å². The monoisotopic (exact) mass is 342 g/mol. The van der Waals surface area contributed by atoms with Crippen molar-refractivity contribution in [2.75, 3.05) is 23.4 Å². The van der Waals surface area contributed by atoms with E-state index >= 15 is 0 Å². The van der Waals surface area contributed by atoms with Crippen molar-refractivity contribution in [3.05, 3.63) is 52.7 Å². The minimum atomic E-state index is -0.605. The molecule has 0 fully saturated rings. The molecule has 0 bridgehead atoms. The zero-order chi connectivity index (χ0) is 16.9. The second-order valence-electron chi connectivity index (χ2n) is 5.00. The van der Waals surface area contributed by atoms with Gasteiger partial charge in [0.2, 0.25) is 5.91 Å². The highest BCUT2D eigenvalue weighted by Crippen LogP contribution is 2.28. The number of carbonyl (C=O) groups is 3. The van der Waals surface area contributed by atoms with Gasteiger partial charge in [-0.25, -0.2) is 4.79 Å². The average Bonchev–Trinajstić information content (AvgIpc) is 3.10. The largest absolute Gasteiger partial charge is 0.452 e. The second kappa shape index (κ2) is 7.10. The molecule has 3 rings (SSSR count). The van der Waals surface area contributed by atoms with Crippen molar-refractivity contribution < 1.29 is 19.1 Å². The van der Waals surface area contributed by atoms with E-state index in [9.17, 15) is 14.4 Å². The van der Waals surface area contributed by atoms with Gasteiger partial charge >= 0.3 is 5.97 Å². The fraction of sp³-hybridized carbons (Fsp3) is 0.118. The van der Waals surface area contributed by atoms with Crippen LogP contribution in [0.25, 0.3) is 6.08 Å². The van der Waals surface area contributed by atoms with Gasteiger partial charge in [0.05, 0.1) is 11.4 Å². The molecule has 0 unspecified atom stereocenters. The van der Waals surface area contributed by atoms with Crippen molar-refractivity contribution in [2.45, 2.75) is 0 Å². The normalized spacial score (nSPS) is 13.5. The standard InChI is InChI=1S/C17H14N2O4S/c20-15-10-19(14-6-2-1-5-13(14)18-15)16(21)11-23-17(22)8-7-12-4-3-9-24-12/h1-9H,10-11H2,(H,18,20)/b8-7-. The summed E-state index contributed by atoms with van der Waals surface area (Å²) < 4.78 is 4.96. The SMILES string of the molecule is O=C1CN(C(=O)COC(=O)/C=C\c2cccs2)c2ccccc2N1. The number of amides is 2. The summed E-state index contributed by atoms with van der Waals surface area (Å²) in [5.41, 5.74) is 1.15. The summed E-state index contributed by atoms with van der Waals surface area (Å²) >= 11 is 1.49. The molecule has 1 aromatic heterocycles. The molecule has 0 radical (unpaired) electrons. The molecule has 2 amide bonds. The maximum atomic E-state index is 12.3. The zero-order valence-electron chi connectivity index (χ0n) is 12.6. The Labute approximate surface area is 142 Å². The molecule has 0 atom stereocenters. The minimum absolute atomic E-state index is 0.0988. The Balaban J connectivity index is 1.61. The van der Waals surface area contributed by atoms with Crippen LogP contribution < -0.4 is 10.2 Å². The van der Waals surface area contributed by atoms with E-state index in [1.807, 2.05) is 17.5 Å².